The summed E-state index contributed by atoms with van der Waals surface area (Å²) in [6, 6.07) is 25.2. The largest absolute Gasteiger partial charge is 0.494 e. The SMILES string of the molecule is CCCCOc1cccc(NC(=O)c2ccc(-c3ccccc3)cc2)c1. The molecular weight excluding hydrogens is 322 g/mol. The molecule has 0 atom stereocenters. The van der Waals surface area contributed by atoms with Crippen molar-refractivity contribution in [3.8, 4) is 16.9 Å². The normalized spacial score (nSPS) is 10.3. The van der Waals surface area contributed by atoms with E-state index in [1.165, 1.54) is 0 Å². The van der Waals surface area contributed by atoms with E-state index in [4.69, 9.17) is 4.74 Å². The van der Waals surface area contributed by atoms with Gasteiger partial charge in [-0.2, -0.15) is 0 Å². The Morgan fingerprint density at radius 2 is 1.62 bits per heavy atom. The molecule has 0 heterocycles. The van der Waals surface area contributed by atoms with Gasteiger partial charge in [0.05, 0.1) is 6.61 Å². The fourth-order valence-corrected chi connectivity index (χ4v) is 2.65. The van der Waals surface area contributed by atoms with E-state index in [-0.39, 0.29) is 5.91 Å². The van der Waals surface area contributed by atoms with Crippen molar-refractivity contribution in [2.24, 2.45) is 0 Å². The van der Waals surface area contributed by atoms with Crippen molar-refractivity contribution in [1.29, 1.82) is 0 Å². The molecule has 0 aliphatic carbocycles. The third-order valence-electron chi connectivity index (χ3n) is 4.11. The highest BCUT2D eigenvalue weighted by Crippen LogP contribution is 2.21. The molecule has 3 rings (SSSR count). The second-order valence-electron chi connectivity index (χ2n) is 6.13. The fraction of sp³-hybridized carbons (Fsp3) is 0.174. The molecule has 0 saturated carbocycles. The van der Waals surface area contributed by atoms with Crippen LogP contribution in [0, 0.1) is 0 Å². The van der Waals surface area contributed by atoms with Crippen molar-refractivity contribution in [3.05, 3.63) is 84.4 Å². The van der Waals surface area contributed by atoms with Crippen LogP contribution in [-0.2, 0) is 0 Å². The monoisotopic (exact) mass is 345 g/mol. The number of ether oxygens (including phenoxy) is 1. The number of hydrogen-bond acceptors (Lipinski definition) is 2. The van der Waals surface area contributed by atoms with E-state index >= 15 is 0 Å². The lowest BCUT2D eigenvalue weighted by Gasteiger charge is -2.09. The van der Waals surface area contributed by atoms with E-state index < -0.39 is 0 Å². The highest BCUT2D eigenvalue weighted by Gasteiger charge is 2.07. The zero-order valence-corrected chi connectivity index (χ0v) is 14.9. The number of hydrogen-bond donors (Lipinski definition) is 1. The first kappa shape index (κ1) is 17.7. The smallest absolute Gasteiger partial charge is 0.255 e. The average molecular weight is 345 g/mol. The maximum atomic E-state index is 12.5. The lowest BCUT2D eigenvalue weighted by molar-refractivity contribution is 0.102. The molecule has 3 aromatic carbocycles. The highest BCUT2D eigenvalue weighted by atomic mass is 16.5. The van der Waals surface area contributed by atoms with Gasteiger partial charge in [0.1, 0.15) is 5.75 Å². The third kappa shape index (κ3) is 4.73. The number of rotatable bonds is 7. The van der Waals surface area contributed by atoms with Gasteiger partial charge in [0.25, 0.3) is 5.91 Å². The van der Waals surface area contributed by atoms with Crippen LogP contribution < -0.4 is 10.1 Å². The molecular formula is C23H23NO2. The molecule has 0 spiro atoms. The number of amides is 1. The van der Waals surface area contributed by atoms with Crippen LogP contribution in [0.5, 0.6) is 5.75 Å². The second kappa shape index (κ2) is 8.86. The summed E-state index contributed by atoms with van der Waals surface area (Å²) in [4.78, 5) is 12.5. The number of carbonyl (C=O) groups is 1. The minimum absolute atomic E-state index is 0.129. The van der Waals surface area contributed by atoms with Crippen molar-refractivity contribution < 1.29 is 9.53 Å². The van der Waals surface area contributed by atoms with Gasteiger partial charge in [0.2, 0.25) is 0 Å². The number of nitrogens with one attached hydrogen (secondary N) is 1. The molecule has 1 amide bonds. The van der Waals surface area contributed by atoms with E-state index in [1.54, 1.807) is 0 Å². The maximum Gasteiger partial charge on any atom is 0.255 e. The van der Waals surface area contributed by atoms with E-state index in [0.29, 0.717) is 12.2 Å². The topological polar surface area (TPSA) is 38.3 Å². The Hall–Kier alpha value is -3.07. The zero-order valence-electron chi connectivity index (χ0n) is 14.9. The van der Waals surface area contributed by atoms with Gasteiger partial charge >= 0.3 is 0 Å². The van der Waals surface area contributed by atoms with E-state index in [0.717, 1.165) is 35.4 Å². The lowest BCUT2D eigenvalue weighted by atomic mass is 10.0. The summed E-state index contributed by atoms with van der Waals surface area (Å²) in [6.07, 6.45) is 2.11. The predicted molar refractivity (Wildman–Crippen MR) is 107 cm³/mol. The molecule has 0 aromatic heterocycles. The third-order valence-corrected chi connectivity index (χ3v) is 4.11. The van der Waals surface area contributed by atoms with Crippen LogP contribution in [0.25, 0.3) is 11.1 Å². The van der Waals surface area contributed by atoms with E-state index in [2.05, 4.69) is 24.4 Å². The summed E-state index contributed by atoms with van der Waals surface area (Å²) < 4.78 is 5.69. The van der Waals surface area contributed by atoms with Crippen molar-refractivity contribution in [1.82, 2.24) is 0 Å². The molecule has 0 saturated heterocycles. The molecule has 0 unspecified atom stereocenters. The van der Waals surface area contributed by atoms with Crippen molar-refractivity contribution in [3.63, 3.8) is 0 Å². The Bertz CT molecular complexity index is 842. The van der Waals surface area contributed by atoms with Crippen LogP contribution in [0.15, 0.2) is 78.9 Å². The molecule has 0 bridgehead atoms. The standard InChI is InChI=1S/C23H23NO2/c1-2-3-16-26-22-11-7-10-21(17-22)24-23(25)20-14-12-19(13-15-20)18-8-5-4-6-9-18/h4-15,17H,2-3,16H2,1H3,(H,24,25). The van der Waals surface area contributed by atoms with E-state index in [9.17, 15) is 4.79 Å². The van der Waals surface area contributed by atoms with E-state index in [1.807, 2.05) is 66.7 Å². The number of benzene rings is 3. The molecule has 3 nitrogen and oxygen atoms in total. The fourth-order valence-electron chi connectivity index (χ4n) is 2.65. The average Bonchev–Trinajstić information content (AvgIpc) is 2.69. The van der Waals surface area contributed by atoms with Crippen molar-refractivity contribution in [2.45, 2.75) is 19.8 Å². The quantitative estimate of drug-likeness (QED) is 0.551. The summed E-state index contributed by atoms with van der Waals surface area (Å²) in [5, 5.41) is 2.93. The van der Waals surface area contributed by atoms with Gasteiger partial charge in [-0.1, -0.05) is 61.9 Å². The minimum Gasteiger partial charge on any atom is -0.494 e. The van der Waals surface area contributed by atoms with Gasteiger partial charge in [0.15, 0.2) is 0 Å². The molecule has 132 valence electrons. The Labute approximate surface area is 154 Å². The van der Waals surface area contributed by atoms with Crippen LogP contribution in [0.1, 0.15) is 30.1 Å². The molecule has 3 heteroatoms. The van der Waals surface area contributed by atoms with Gasteiger partial charge in [-0.3, -0.25) is 4.79 Å². The predicted octanol–water partition coefficient (Wildman–Crippen LogP) is 5.78. The van der Waals surface area contributed by atoms with Crippen LogP contribution in [-0.4, -0.2) is 12.5 Å². The van der Waals surface area contributed by atoms with Gasteiger partial charge < -0.3 is 10.1 Å². The molecule has 0 radical (unpaired) electrons. The van der Waals surface area contributed by atoms with Gasteiger partial charge in [0, 0.05) is 17.3 Å². The molecule has 0 fully saturated rings. The van der Waals surface area contributed by atoms with Crippen LogP contribution in [0.3, 0.4) is 0 Å². The molecule has 3 aromatic rings. The first-order chi connectivity index (χ1) is 12.8. The minimum atomic E-state index is -0.129. The Balaban J connectivity index is 1.65. The first-order valence-corrected chi connectivity index (χ1v) is 8.96. The van der Waals surface area contributed by atoms with Crippen molar-refractivity contribution >= 4 is 11.6 Å². The lowest BCUT2D eigenvalue weighted by Crippen LogP contribution is -2.11. The summed E-state index contributed by atoms with van der Waals surface area (Å²) >= 11 is 0. The summed E-state index contributed by atoms with van der Waals surface area (Å²) in [5.74, 6) is 0.644. The molecule has 0 aliphatic heterocycles. The number of unbranched alkanes of at least 4 members (excludes halogenated alkanes) is 1. The summed E-state index contributed by atoms with van der Waals surface area (Å²) in [7, 11) is 0. The van der Waals surface area contributed by atoms with Gasteiger partial charge in [-0.05, 0) is 41.8 Å². The number of anilines is 1. The Kier molecular flexibility index (Phi) is 6.05. The van der Waals surface area contributed by atoms with Crippen molar-refractivity contribution in [2.75, 3.05) is 11.9 Å². The summed E-state index contributed by atoms with van der Waals surface area (Å²) in [6.45, 7) is 2.82. The maximum absolute atomic E-state index is 12.5. The van der Waals surface area contributed by atoms with Gasteiger partial charge in [-0.15, -0.1) is 0 Å². The van der Waals surface area contributed by atoms with Crippen LogP contribution in [0.4, 0.5) is 5.69 Å². The number of carbonyl (C=O) groups excluding carboxylic acids is 1. The second-order valence-corrected chi connectivity index (χ2v) is 6.13. The van der Waals surface area contributed by atoms with Crippen LogP contribution >= 0.6 is 0 Å². The molecule has 26 heavy (non-hydrogen) atoms. The molecule has 0 aliphatic rings. The summed E-state index contributed by atoms with van der Waals surface area (Å²) in [5.41, 5.74) is 3.59. The first-order valence-electron chi connectivity index (χ1n) is 8.96. The zero-order chi connectivity index (χ0) is 18.2. The molecule has 1 N–H and O–H groups in total. The van der Waals surface area contributed by atoms with Crippen LogP contribution in [0.2, 0.25) is 0 Å². The Morgan fingerprint density at radius 1 is 0.885 bits per heavy atom. The van der Waals surface area contributed by atoms with Gasteiger partial charge in [-0.25, -0.2) is 0 Å². The Morgan fingerprint density at radius 3 is 2.35 bits per heavy atom. The highest BCUT2D eigenvalue weighted by molar-refractivity contribution is 6.04.